The monoisotopic (exact) mass is 342 g/mol. The second-order valence-corrected chi connectivity index (χ2v) is 9.32. The highest BCUT2D eigenvalue weighted by Gasteiger charge is 2.29. The van der Waals surface area contributed by atoms with Gasteiger partial charge in [-0.25, -0.2) is 0 Å². The van der Waals surface area contributed by atoms with E-state index >= 15 is 0 Å². The number of aryl methyl sites for hydroxylation is 3. The minimum absolute atomic E-state index is 1.10. The second-order valence-electron chi connectivity index (χ2n) is 6.59. The van der Waals surface area contributed by atoms with Gasteiger partial charge < -0.3 is 0 Å². The average molecular weight is 342 g/mol. The van der Waals surface area contributed by atoms with Crippen LogP contribution in [0.3, 0.4) is 0 Å². The quantitative estimate of drug-likeness (QED) is 0.596. The van der Waals surface area contributed by atoms with Gasteiger partial charge in [-0.15, -0.1) is 0 Å². The lowest BCUT2D eigenvalue weighted by molar-refractivity contribution is 1.14. The summed E-state index contributed by atoms with van der Waals surface area (Å²) < 4.78 is 4.77. The zero-order valence-electron chi connectivity index (χ0n) is 15.6. The molecule has 0 heterocycles. The van der Waals surface area contributed by atoms with Gasteiger partial charge in [0.2, 0.25) is 0 Å². The van der Waals surface area contributed by atoms with Gasteiger partial charge in [0.15, 0.2) is 0 Å². The van der Waals surface area contributed by atoms with Crippen molar-refractivity contribution in [1.82, 2.24) is 0 Å². The molecule has 3 aromatic carbocycles. The molecule has 0 radical (unpaired) electrons. The normalized spacial score (nSPS) is 10.7. The molecule has 3 aromatic rings. The smallest absolute Gasteiger partial charge is 0.0955 e. The Balaban J connectivity index is 2.29. The van der Waals surface area contributed by atoms with Crippen LogP contribution in [0.25, 0.3) is 0 Å². The molecular weight excluding hydrogens is 315 g/mol. The molecular formula is C24H27Al. The first-order valence-corrected chi connectivity index (χ1v) is 11.3. The number of hydrogen-bond donors (Lipinski definition) is 0. The molecule has 3 rings (SSSR count). The predicted octanol–water partition coefficient (Wildman–Crippen LogP) is 3.89. The standard InChI is InChI=1S/3C8H9.Al/c3*1-2-8-6-4-3-5-7-8;/h3*3-6H,2H2,1H3;. The zero-order chi connectivity index (χ0) is 17.6. The molecule has 0 aromatic heterocycles. The van der Waals surface area contributed by atoms with Crippen molar-refractivity contribution in [3.05, 3.63) is 89.5 Å². The van der Waals surface area contributed by atoms with E-state index in [9.17, 15) is 0 Å². The van der Waals surface area contributed by atoms with Gasteiger partial charge in [-0.05, 0) is 19.3 Å². The van der Waals surface area contributed by atoms with Gasteiger partial charge in [0, 0.05) is 0 Å². The van der Waals surface area contributed by atoms with Gasteiger partial charge in [0.05, 0.1) is 0 Å². The topological polar surface area (TPSA) is 0 Å². The summed E-state index contributed by atoms with van der Waals surface area (Å²) in [4.78, 5) is 0. The molecule has 126 valence electrons. The van der Waals surface area contributed by atoms with Gasteiger partial charge >= 0.3 is 14.1 Å². The third-order valence-electron chi connectivity index (χ3n) is 5.24. The van der Waals surface area contributed by atoms with Crippen LogP contribution in [-0.2, 0) is 19.3 Å². The Morgan fingerprint density at radius 2 is 0.760 bits per heavy atom. The maximum absolute atomic E-state index is 2.38. The highest BCUT2D eigenvalue weighted by Crippen LogP contribution is 2.08. The largest absolute Gasteiger partial charge is 0.384 e. The van der Waals surface area contributed by atoms with Crippen LogP contribution in [0.4, 0.5) is 0 Å². The summed E-state index contributed by atoms with van der Waals surface area (Å²) in [5.74, 6) is 0. The molecule has 1 heteroatoms. The SMILES string of the molecule is CCc1cccc[c]1[Al]([c]1ccccc1CC)[c]1ccccc1CC. The number of benzene rings is 3. The maximum atomic E-state index is 2.38. The van der Waals surface area contributed by atoms with Crippen LogP contribution >= 0.6 is 0 Å². The Morgan fingerprint density at radius 3 is 1.04 bits per heavy atom. The number of rotatable bonds is 6. The molecule has 0 unspecified atom stereocenters. The summed E-state index contributed by atoms with van der Waals surface area (Å²) in [5.41, 5.74) is 4.53. The minimum atomic E-state index is -1.48. The highest BCUT2D eigenvalue weighted by atomic mass is 27.2. The first kappa shape index (κ1) is 18.0. The van der Waals surface area contributed by atoms with Crippen molar-refractivity contribution in [1.29, 1.82) is 0 Å². The molecule has 0 bridgehead atoms. The van der Waals surface area contributed by atoms with Crippen molar-refractivity contribution in [2.75, 3.05) is 0 Å². The number of hydrogen-bond acceptors (Lipinski definition) is 0. The molecule has 0 saturated heterocycles. The van der Waals surface area contributed by atoms with E-state index in [1.807, 2.05) is 0 Å². The summed E-state index contributed by atoms with van der Waals surface area (Å²) >= 11 is -1.48. The average Bonchev–Trinajstić information content (AvgIpc) is 2.69. The first-order chi connectivity index (χ1) is 12.3. The van der Waals surface area contributed by atoms with Crippen molar-refractivity contribution in [2.24, 2.45) is 0 Å². The predicted molar refractivity (Wildman–Crippen MR) is 112 cm³/mol. The van der Waals surface area contributed by atoms with E-state index in [1.165, 1.54) is 16.7 Å². The molecule has 0 aliphatic rings. The second kappa shape index (κ2) is 8.53. The minimum Gasteiger partial charge on any atom is -0.0955 e. The van der Waals surface area contributed by atoms with E-state index in [4.69, 9.17) is 0 Å². The molecule has 0 atom stereocenters. The summed E-state index contributed by atoms with van der Waals surface area (Å²) in [6.45, 7) is 6.84. The summed E-state index contributed by atoms with van der Waals surface area (Å²) in [5, 5.41) is 0. The van der Waals surface area contributed by atoms with Crippen molar-refractivity contribution >= 4 is 27.4 Å². The molecule has 0 N–H and O–H groups in total. The van der Waals surface area contributed by atoms with Crippen molar-refractivity contribution in [2.45, 2.75) is 40.0 Å². The summed E-state index contributed by atoms with van der Waals surface area (Å²) in [6.07, 6.45) is 3.30. The Bertz CT molecular complexity index is 722. The van der Waals surface area contributed by atoms with Crippen LogP contribution in [0.2, 0.25) is 0 Å². The third kappa shape index (κ3) is 3.74. The van der Waals surface area contributed by atoms with Gasteiger partial charge in [-0.3, -0.25) is 0 Å². The van der Waals surface area contributed by atoms with Crippen molar-refractivity contribution in [3.63, 3.8) is 0 Å². The van der Waals surface area contributed by atoms with Gasteiger partial charge in [-0.2, -0.15) is 0 Å². The summed E-state index contributed by atoms with van der Waals surface area (Å²) in [7, 11) is 0. The Morgan fingerprint density at radius 1 is 0.480 bits per heavy atom. The van der Waals surface area contributed by atoms with Gasteiger partial charge in [-0.1, -0.05) is 124 Å². The lowest BCUT2D eigenvalue weighted by atomic mass is 10.1. The van der Waals surface area contributed by atoms with Crippen molar-refractivity contribution in [3.8, 4) is 0 Å². The van der Waals surface area contributed by atoms with E-state index in [2.05, 4.69) is 93.6 Å². The fraction of sp³-hybridized carbons (Fsp3) is 0.250. The van der Waals surface area contributed by atoms with E-state index in [0.717, 1.165) is 19.3 Å². The molecule has 0 aliphatic heterocycles. The molecule has 0 nitrogen and oxygen atoms in total. The fourth-order valence-electron chi connectivity index (χ4n) is 3.92. The lowest BCUT2D eigenvalue weighted by Crippen LogP contribution is -2.55. The fourth-order valence-corrected chi connectivity index (χ4v) is 7.85. The molecule has 25 heavy (non-hydrogen) atoms. The van der Waals surface area contributed by atoms with Crippen LogP contribution in [0.15, 0.2) is 72.8 Å². The zero-order valence-corrected chi connectivity index (χ0v) is 16.8. The van der Waals surface area contributed by atoms with Gasteiger partial charge in [0.1, 0.15) is 0 Å². The van der Waals surface area contributed by atoms with Crippen LogP contribution < -0.4 is 13.3 Å². The van der Waals surface area contributed by atoms with E-state index in [0.29, 0.717) is 0 Å². The van der Waals surface area contributed by atoms with Crippen LogP contribution in [-0.4, -0.2) is 14.1 Å². The third-order valence-corrected chi connectivity index (χ3v) is 8.80. The van der Waals surface area contributed by atoms with Crippen LogP contribution in [0.1, 0.15) is 37.5 Å². The van der Waals surface area contributed by atoms with Crippen LogP contribution in [0.5, 0.6) is 0 Å². The molecule has 0 saturated carbocycles. The molecule has 0 aliphatic carbocycles. The Kier molecular flexibility index (Phi) is 6.14. The molecule has 0 amide bonds. The van der Waals surface area contributed by atoms with Crippen molar-refractivity contribution < 1.29 is 0 Å². The van der Waals surface area contributed by atoms with Gasteiger partial charge in [0.25, 0.3) is 0 Å². The van der Waals surface area contributed by atoms with E-state index in [-0.39, 0.29) is 0 Å². The highest BCUT2D eigenvalue weighted by molar-refractivity contribution is 6.96. The van der Waals surface area contributed by atoms with E-state index in [1.54, 1.807) is 13.3 Å². The lowest BCUT2D eigenvalue weighted by Gasteiger charge is -2.22. The van der Waals surface area contributed by atoms with Crippen LogP contribution in [0, 0.1) is 0 Å². The molecule has 0 fully saturated rings. The Hall–Kier alpha value is -1.81. The summed E-state index contributed by atoms with van der Waals surface area (Å²) in [6, 6.07) is 27.3. The maximum Gasteiger partial charge on any atom is 0.384 e. The molecule has 0 spiro atoms. The Labute approximate surface area is 156 Å². The first-order valence-electron chi connectivity index (χ1n) is 9.53. The van der Waals surface area contributed by atoms with E-state index < -0.39 is 14.1 Å².